The van der Waals surface area contributed by atoms with E-state index in [9.17, 15) is 9.59 Å². The van der Waals surface area contributed by atoms with Crippen molar-refractivity contribution in [3.63, 3.8) is 0 Å². The average molecular weight is 458 g/mol. The standard InChI is InChI=1S/C21H23N5O3S2/c1-13(30-21-23-24-25-26(21)14-9-5-3-6-10-14)18(27)22-19-17(20(28)29-2)15-11-7-4-8-12-16(15)31-19/h3,5-6,9-10,13H,4,7-8,11-12H2,1-2H3,(H,22,27). The monoisotopic (exact) mass is 457 g/mol. The number of hydrogen-bond acceptors (Lipinski definition) is 8. The van der Waals surface area contributed by atoms with Gasteiger partial charge in [-0.05, 0) is 60.7 Å². The fourth-order valence-electron chi connectivity index (χ4n) is 3.56. The molecule has 1 atom stereocenters. The fraction of sp³-hybridized carbons (Fsp3) is 0.381. The molecule has 1 aliphatic rings. The molecule has 1 aromatic carbocycles. The predicted octanol–water partition coefficient (Wildman–Crippen LogP) is 3.90. The molecule has 162 valence electrons. The van der Waals surface area contributed by atoms with Crippen LogP contribution in [-0.4, -0.2) is 44.4 Å². The van der Waals surface area contributed by atoms with Gasteiger partial charge in [0, 0.05) is 4.88 Å². The van der Waals surface area contributed by atoms with Crippen LogP contribution in [-0.2, 0) is 22.4 Å². The van der Waals surface area contributed by atoms with Crippen LogP contribution in [0.3, 0.4) is 0 Å². The minimum atomic E-state index is -0.471. The average Bonchev–Trinajstić information content (AvgIpc) is 3.31. The van der Waals surface area contributed by atoms with E-state index in [1.165, 1.54) is 35.1 Å². The van der Waals surface area contributed by atoms with Crippen LogP contribution in [0.1, 0.15) is 47.0 Å². The number of carbonyl (C=O) groups is 2. The summed E-state index contributed by atoms with van der Waals surface area (Å²) in [5.74, 6) is -0.614. The molecular weight excluding hydrogens is 434 g/mol. The van der Waals surface area contributed by atoms with Crippen molar-refractivity contribution in [2.24, 2.45) is 0 Å². The molecule has 3 aromatic rings. The second kappa shape index (κ2) is 9.61. The van der Waals surface area contributed by atoms with E-state index in [0.29, 0.717) is 15.7 Å². The quantitative estimate of drug-likeness (QED) is 0.340. The van der Waals surface area contributed by atoms with Gasteiger partial charge >= 0.3 is 5.97 Å². The Bertz CT molecular complexity index is 1080. The van der Waals surface area contributed by atoms with E-state index in [2.05, 4.69) is 20.8 Å². The van der Waals surface area contributed by atoms with Gasteiger partial charge in [0.05, 0.1) is 23.6 Å². The van der Waals surface area contributed by atoms with E-state index < -0.39 is 11.2 Å². The zero-order valence-corrected chi connectivity index (χ0v) is 19.0. The van der Waals surface area contributed by atoms with Gasteiger partial charge in [0.1, 0.15) is 5.00 Å². The Morgan fingerprint density at radius 2 is 1.97 bits per heavy atom. The van der Waals surface area contributed by atoms with Crippen molar-refractivity contribution in [3.05, 3.63) is 46.3 Å². The predicted molar refractivity (Wildman–Crippen MR) is 120 cm³/mol. The van der Waals surface area contributed by atoms with Crippen LogP contribution in [0.2, 0.25) is 0 Å². The fourth-order valence-corrected chi connectivity index (χ4v) is 5.65. The van der Waals surface area contributed by atoms with Gasteiger partial charge in [-0.15, -0.1) is 16.4 Å². The van der Waals surface area contributed by atoms with Gasteiger partial charge in [-0.25, -0.2) is 4.79 Å². The number of carbonyl (C=O) groups excluding carboxylic acids is 2. The SMILES string of the molecule is COC(=O)c1c(NC(=O)C(C)Sc2nnnn2-c2ccccc2)sc2c1CCCCC2. The maximum Gasteiger partial charge on any atom is 0.341 e. The molecule has 0 bridgehead atoms. The van der Waals surface area contributed by atoms with Crippen LogP contribution < -0.4 is 5.32 Å². The minimum absolute atomic E-state index is 0.214. The Morgan fingerprint density at radius 1 is 1.19 bits per heavy atom. The highest BCUT2D eigenvalue weighted by atomic mass is 32.2. The molecular formula is C21H23N5O3S2. The molecule has 10 heteroatoms. The normalized spacial score (nSPS) is 14.4. The molecule has 0 saturated heterocycles. The summed E-state index contributed by atoms with van der Waals surface area (Å²) in [4.78, 5) is 26.6. The summed E-state index contributed by atoms with van der Waals surface area (Å²) in [7, 11) is 1.37. The first-order valence-corrected chi connectivity index (χ1v) is 11.8. The molecule has 1 amide bonds. The van der Waals surface area contributed by atoms with Gasteiger partial charge in [-0.2, -0.15) is 4.68 Å². The molecule has 1 unspecified atom stereocenters. The highest BCUT2D eigenvalue weighted by Crippen LogP contribution is 2.38. The molecule has 2 heterocycles. The van der Waals surface area contributed by atoms with Crippen LogP contribution in [0, 0.1) is 0 Å². The highest BCUT2D eigenvalue weighted by Gasteiger charge is 2.28. The number of nitrogens with one attached hydrogen (secondary N) is 1. The molecule has 0 saturated carbocycles. The summed E-state index contributed by atoms with van der Waals surface area (Å²) >= 11 is 2.75. The topological polar surface area (TPSA) is 99.0 Å². The van der Waals surface area contributed by atoms with Crippen LogP contribution in [0.15, 0.2) is 35.5 Å². The van der Waals surface area contributed by atoms with Gasteiger partial charge < -0.3 is 10.1 Å². The van der Waals surface area contributed by atoms with Crippen molar-refractivity contribution in [2.75, 3.05) is 12.4 Å². The third-order valence-electron chi connectivity index (χ3n) is 5.14. The largest absolute Gasteiger partial charge is 0.465 e. The number of anilines is 1. The maximum absolute atomic E-state index is 13.0. The second-order valence-corrected chi connectivity index (χ2v) is 9.63. The lowest BCUT2D eigenvalue weighted by Crippen LogP contribution is -2.23. The Morgan fingerprint density at radius 3 is 2.74 bits per heavy atom. The molecule has 0 aliphatic heterocycles. The van der Waals surface area contributed by atoms with Crippen molar-refractivity contribution < 1.29 is 14.3 Å². The lowest BCUT2D eigenvalue weighted by molar-refractivity contribution is -0.115. The van der Waals surface area contributed by atoms with Gasteiger partial charge in [0.2, 0.25) is 11.1 Å². The van der Waals surface area contributed by atoms with Crippen LogP contribution in [0.5, 0.6) is 0 Å². The van der Waals surface area contributed by atoms with E-state index in [-0.39, 0.29) is 5.91 Å². The van der Waals surface area contributed by atoms with E-state index in [1.54, 1.807) is 11.6 Å². The van der Waals surface area contributed by atoms with Gasteiger partial charge in [0.15, 0.2) is 0 Å². The number of benzene rings is 1. The van der Waals surface area contributed by atoms with E-state index in [4.69, 9.17) is 4.74 Å². The number of amides is 1. The zero-order valence-electron chi connectivity index (χ0n) is 17.3. The highest BCUT2D eigenvalue weighted by molar-refractivity contribution is 8.00. The smallest absolute Gasteiger partial charge is 0.341 e. The molecule has 1 aliphatic carbocycles. The second-order valence-electron chi connectivity index (χ2n) is 7.22. The molecule has 0 radical (unpaired) electrons. The number of tetrazole rings is 1. The first-order valence-electron chi connectivity index (χ1n) is 10.1. The Hall–Kier alpha value is -2.72. The number of aryl methyl sites for hydroxylation is 1. The number of methoxy groups -OCH3 is 1. The third kappa shape index (κ3) is 4.64. The summed E-state index contributed by atoms with van der Waals surface area (Å²) in [5, 5.41) is 15.4. The lowest BCUT2D eigenvalue weighted by Gasteiger charge is -2.12. The summed E-state index contributed by atoms with van der Waals surface area (Å²) in [6, 6.07) is 9.50. The lowest BCUT2D eigenvalue weighted by atomic mass is 10.1. The van der Waals surface area contributed by atoms with Crippen LogP contribution >= 0.6 is 23.1 Å². The van der Waals surface area contributed by atoms with Gasteiger partial charge in [-0.1, -0.05) is 36.4 Å². The Balaban J connectivity index is 1.53. The summed E-state index contributed by atoms with van der Waals surface area (Å²) in [6.07, 6.45) is 5.04. The first kappa shape index (κ1) is 21.5. The van der Waals surface area contributed by atoms with E-state index in [1.807, 2.05) is 30.3 Å². The number of ether oxygens (including phenoxy) is 1. The molecule has 0 spiro atoms. The van der Waals surface area contributed by atoms with Crippen molar-refractivity contribution >= 4 is 40.0 Å². The number of fused-ring (bicyclic) bond motifs is 1. The number of esters is 1. The number of para-hydroxylation sites is 1. The number of nitrogens with zero attached hydrogens (tertiary/aromatic N) is 4. The Labute approximate surface area is 188 Å². The third-order valence-corrected chi connectivity index (χ3v) is 7.38. The number of thioether (sulfide) groups is 1. The Kier molecular flexibility index (Phi) is 6.67. The van der Waals surface area contributed by atoms with Gasteiger partial charge in [0.25, 0.3) is 0 Å². The maximum atomic E-state index is 13.0. The van der Waals surface area contributed by atoms with E-state index >= 15 is 0 Å². The molecule has 4 rings (SSSR count). The minimum Gasteiger partial charge on any atom is -0.465 e. The molecule has 1 N–H and O–H groups in total. The van der Waals surface area contributed by atoms with Crippen LogP contribution in [0.25, 0.3) is 5.69 Å². The number of rotatable bonds is 6. The summed E-state index contributed by atoms with van der Waals surface area (Å²) < 4.78 is 6.61. The van der Waals surface area contributed by atoms with Crippen molar-refractivity contribution in [2.45, 2.75) is 49.4 Å². The zero-order chi connectivity index (χ0) is 21.8. The number of hydrogen-bond donors (Lipinski definition) is 1. The first-order chi connectivity index (χ1) is 15.1. The molecule has 31 heavy (non-hydrogen) atoms. The van der Waals surface area contributed by atoms with Crippen molar-refractivity contribution in [1.82, 2.24) is 20.2 Å². The summed E-state index contributed by atoms with van der Waals surface area (Å²) in [5.41, 5.74) is 2.35. The van der Waals surface area contributed by atoms with Gasteiger partial charge in [-0.3, -0.25) is 4.79 Å². The van der Waals surface area contributed by atoms with E-state index in [0.717, 1.165) is 43.4 Å². The number of aromatic nitrogens is 4. The van der Waals surface area contributed by atoms with Crippen LogP contribution in [0.4, 0.5) is 5.00 Å². The molecule has 0 fully saturated rings. The molecule has 2 aromatic heterocycles. The number of thiophene rings is 1. The van der Waals surface area contributed by atoms with Crippen molar-refractivity contribution in [3.8, 4) is 5.69 Å². The summed E-state index contributed by atoms with van der Waals surface area (Å²) in [6.45, 7) is 1.79. The van der Waals surface area contributed by atoms with Crippen molar-refractivity contribution in [1.29, 1.82) is 0 Å². The molecule has 8 nitrogen and oxygen atoms in total.